The molecule has 0 fully saturated rings. The molecule has 0 saturated carbocycles. The summed E-state index contributed by atoms with van der Waals surface area (Å²) < 4.78 is 0. The second-order valence-corrected chi connectivity index (χ2v) is 5.53. The van der Waals surface area contributed by atoms with Crippen LogP contribution in [0.1, 0.15) is 25.8 Å². The van der Waals surface area contributed by atoms with E-state index in [2.05, 4.69) is 5.32 Å². The van der Waals surface area contributed by atoms with Crippen LogP contribution in [0.15, 0.2) is 24.3 Å². The van der Waals surface area contributed by atoms with Crippen molar-refractivity contribution in [2.45, 2.75) is 26.7 Å². The smallest absolute Gasteiger partial charge is 0.223 e. The van der Waals surface area contributed by atoms with E-state index in [1.807, 2.05) is 38.1 Å². The number of aliphatic hydroxyl groups excluding tert-OH is 1. The standard InChI is InChI=1S/C15H22ClNO2/c1-11(6-7-18)10-17-15(19)12(2)8-13-4-3-5-14(16)9-13/h3-5,9,11-12,18H,6-8,10H2,1-2H3,(H,17,19). The van der Waals surface area contributed by atoms with Crippen molar-refractivity contribution in [3.8, 4) is 0 Å². The van der Waals surface area contributed by atoms with Crippen molar-refractivity contribution in [3.63, 3.8) is 0 Å². The molecule has 2 atom stereocenters. The van der Waals surface area contributed by atoms with Gasteiger partial charge >= 0.3 is 0 Å². The molecule has 1 aromatic rings. The summed E-state index contributed by atoms with van der Waals surface area (Å²) in [7, 11) is 0. The third-order valence-corrected chi connectivity index (χ3v) is 3.36. The average molecular weight is 284 g/mol. The van der Waals surface area contributed by atoms with Crippen LogP contribution in [0.4, 0.5) is 0 Å². The highest BCUT2D eigenvalue weighted by molar-refractivity contribution is 6.30. The Balaban J connectivity index is 2.40. The summed E-state index contributed by atoms with van der Waals surface area (Å²) in [4.78, 5) is 11.9. The van der Waals surface area contributed by atoms with E-state index in [4.69, 9.17) is 16.7 Å². The molecule has 4 heteroatoms. The molecule has 0 saturated heterocycles. The molecule has 1 aromatic carbocycles. The largest absolute Gasteiger partial charge is 0.396 e. The summed E-state index contributed by atoms with van der Waals surface area (Å²) in [6, 6.07) is 7.59. The van der Waals surface area contributed by atoms with Crippen LogP contribution in [0.2, 0.25) is 5.02 Å². The third-order valence-electron chi connectivity index (χ3n) is 3.13. The molecule has 0 heterocycles. The fraction of sp³-hybridized carbons (Fsp3) is 0.533. The molecule has 0 aromatic heterocycles. The summed E-state index contributed by atoms with van der Waals surface area (Å²) in [5.41, 5.74) is 1.07. The Kier molecular flexibility index (Phi) is 6.89. The lowest BCUT2D eigenvalue weighted by atomic mass is 10.00. The molecule has 2 unspecified atom stereocenters. The van der Waals surface area contributed by atoms with Crippen molar-refractivity contribution in [3.05, 3.63) is 34.9 Å². The Hall–Kier alpha value is -1.06. The van der Waals surface area contributed by atoms with Crippen LogP contribution in [-0.2, 0) is 11.2 Å². The van der Waals surface area contributed by atoms with Crippen molar-refractivity contribution in [2.75, 3.05) is 13.2 Å². The molecular weight excluding hydrogens is 262 g/mol. The quantitative estimate of drug-likeness (QED) is 0.808. The molecule has 3 nitrogen and oxygen atoms in total. The van der Waals surface area contributed by atoms with E-state index in [9.17, 15) is 4.79 Å². The molecule has 1 rings (SSSR count). The molecular formula is C15H22ClNO2. The lowest BCUT2D eigenvalue weighted by Crippen LogP contribution is -2.33. The zero-order valence-corrected chi connectivity index (χ0v) is 12.3. The van der Waals surface area contributed by atoms with Crippen LogP contribution < -0.4 is 5.32 Å². The number of carbonyl (C=O) groups is 1. The van der Waals surface area contributed by atoms with Crippen LogP contribution >= 0.6 is 11.6 Å². The Morgan fingerprint density at radius 3 is 2.79 bits per heavy atom. The first-order valence-corrected chi connectivity index (χ1v) is 7.03. The van der Waals surface area contributed by atoms with Crippen molar-refractivity contribution >= 4 is 17.5 Å². The maximum Gasteiger partial charge on any atom is 0.223 e. The number of aliphatic hydroxyl groups is 1. The van der Waals surface area contributed by atoms with Crippen molar-refractivity contribution in [2.24, 2.45) is 11.8 Å². The molecule has 19 heavy (non-hydrogen) atoms. The van der Waals surface area contributed by atoms with E-state index in [1.165, 1.54) is 0 Å². The number of amides is 1. The highest BCUT2D eigenvalue weighted by Crippen LogP contribution is 2.14. The van der Waals surface area contributed by atoms with Gasteiger partial charge < -0.3 is 10.4 Å². The minimum atomic E-state index is -0.0835. The summed E-state index contributed by atoms with van der Waals surface area (Å²) in [5, 5.41) is 12.4. The fourth-order valence-corrected chi connectivity index (χ4v) is 2.09. The van der Waals surface area contributed by atoms with Crippen LogP contribution in [0.5, 0.6) is 0 Å². The highest BCUT2D eigenvalue weighted by Gasteiger charge is 2.14. The predicted molar refractivity (Wildman–Crippen MR) is 78.2 cm³/mol. The normalized spacial score (nSPS) is 13.9. The van der Waals surface area contributed by atoms with Gasteiger partial charge in [0, 0.05) is 24.1 Å². The zero-order valence-electron chi connectivity index (χ0n) is 11.5. The number of halogens is 1. The Morgan fingerprint density at radius 1 is 1.42 bits per heavy atom. The topological polar surface area (TPSA) is 49.3 Å². The van der Waals surface area contributed by atoms with Gasteiger partial charge in [0.1, 0.15) is 0 Å². The Morgan fingerprint density at radius 2 is 2.16 bits per heavy atom. The van der Waals surface area contributed by atoms with Crippen LogP contribution in [-0.4, -0.2) is 24.2 Å². The van der Waals surface area contributed by atoms with E-state index in [0.717, 1.165) is 5.56 Å². The minimum absolute atomic E-state index is 0.0461. The molecule has 0 aliphatic rings. The third kappa shape index (κ3) is 6.08. The van der Waals surface area contributed by atoms with Crippen LogP contribution in [0.3, 0.4) is 0 Å². The fourth-order valence-electron chi connectivity index (χ4n) is 1.88. The lowest BCUT2D eigenvalue weighted by Gasteiger charge is -2.15. The van der Waals surface area contributed by atoms with Crippen molar-refractivity contribution in [1.29, 1.82) is 0 Å². The predicted octanol–water partition coefficient (Wildman–Crippen LogP) is 2.65. The Labute approximate surface area is 120 Å². The van der Waals surface area contributed by atoms with Crippen molar-refractivity contribution < 1.29 is 9.90 Å². The molecule has 0 aliphatic heterocycles. The second-order valence-electron chi connectivity index (χ2n) is 5.10. The number of hydrogen-bond donors (Lipinski definition) is 2. The van der Waals surface area contributed by atoms with Crippen molar-refractivity contribution in [1.82, 2.24) is 5.32 Å². The average Bonchev–Trinajstić information content (AvgIpc) is 2.36. The molecule has 0 aliphatic carbocycles. The zero-order chi connectivity index (χ0) is 14.3. The van der Waals surface area contributed by atoms with Gasteiger partial charge in [0.05, 0.1) is 0 Å². The molecule has 0 radical (unpaired) electrons. The molecule has 0 bridgehead atoms. The first kappa shape index (κ1) is 16.0. The van der Waals surface area contributed by atoms with Gasteiger partial charge in [-0.2, -0.15) is 0 Å². The van der Waals surface area contributed by atoms with E-state index in [-0.39, 0.29) is 18.4 Å². The molecule has 1 amide bonds. The number of benzene rings is 1. The number of hydrogen-bond acceptors (Lipinski definition) is 2. The molecule has 0 spiro atoms. The first-order valence-electron chi connectivity index (χ1n) is 6.66. The molecule has 106 valence electrons. The van der Waals surface area contributed by atoms with Gasteiger partial charge in [-0.05, 0) is 36.5 Å². The maximum atomic E-state index is 11.9. The van der Waals surface area contributed by atoms with Gasteiger partial charge in [0.25, 0.3) is 0 Å². The number of carbonyl (C=O) groups excluding carboxylic acids is 1. The summed E-state index contributed by atoms with van der Waals surface area (Å²) in [5.74, 6) is 0.261. The Bertz CT molecular complexity index is 409. The van der Waals surface area contributed by atoms with E-state index in [0.29, 0.717) is 30.3 Å². The van der Waals surface area contributed by atoms with Gasteiger partial charge in [0.15, 0.2) is 0 Å². The summed E-state index contributed by atoms with van der Waals surface area (Å²) in [6.07, 6.45) is 1.39. The SMILES string of the molecule is CC(CCO)CNC(=O)C(C)Cc1cccc(Cl)c1. The van der Waals surface area contributed by atoms with Crippen LogP contribution in [0.25, 0.3) is 0 Å². The first-order chi connectivity index (χ1) is 9.02. The number of nitrogens with one attached hydrogen (secondary N) is 1. The van der Waals surface area contributed by atoms with Crippen LogP contribution in [0, 0.1) is 11.8 Å². The van der Waals surface area contributed by atoms with Gasteiger partial charge in [0.2, 0.25) is 5.91 Å². The minimum Gasteiger partial charge on any atom is -0.396 e. The lowest BCUT2D eigenvalue weighted by molar-refractivity contribution is -0.124. The maximum absolute atomic E-state index is 11.9. The van der Waals surface area contributed by atoms with Gasteiger partial charge in [-0.1, -0.05) is 37.6 Å². The van der Waals surface area contributed by atoms with Gasteiger partial charge in [-0.25, -0.2) is 0 Å². The molecule has 2 N–H and O–H groups in total. The van der Waals surface area contributed by atoms with Gasteiger partial charge in [-0.15, -0.1) is 0 Å². The van der Waals surface area contributed by atoms with E-state index in [1.54, 1.807) is 0 Å². The summed E-state index contributed by atoms with van der Waals surface area (Å²) in [6.45, 7) is 4.69. The van der Waals surface area contributed by atoms with E-state index < -0.39 is 0 Å². The monoisotopic (exact) mass is 283 g/mol. The number of rotatable bonds is 7. The summed E-state index contributed by atoms with van der Waals surface area (Å²) >= 11 is 5.92. The van der Waals surface area contributed by atoms with E-state index >= 15 is 0 Å². The highest BCUT2D eigenvalue weighted by atomic mass is 35.5. The second kappa shape index (κ2) is 8.18. The van der Waals surface area contributed by atoms with Gasteiger partial charge in [-0.3, -0.25) is 4.79 Å².